The molecule has 1 aliphatic carbocycles. The first-order valence-corrected chi connectivity index (χ1v) is 13.2. The summed E-state index contributed by atoms with van der Waals surface area (Å²) in [5, 5.41) is 10.2. The van der Waals surface area contributed by atoms with Gasteiger partial charge < -0.3 is 20.7 Å². The summed E-state index contributed by atoms with van der Waals surface area (Å²) in [4.78, 5) is 39.1. The van der Waals surface area contributed by atoms with E-state index in [1.54, 1.807) is 56.8 Å². The fourth-order valence-electron chi connectivity index (χ4n) is 4.76. The van der Waals surface area contributed by atoms with Gasteiger partial charge in [0, 0.05) is 48.4 Å². The number of fused-ring (bicyclic) bond motifs is 1. The molecule has 0 atom stereocenters. The van der Waals surface area contributed by atoms with Crippen LogP contribution in [0.4, 0.5) is 11.5 Å². The number of benzene rings is 2. The minimum atomic E-state index is -0.356. The number of hydrogen-bond donors (Lipinski definition) is 3. The first-order chi connectivity index (χ1) is 18.9. The first kappa shape index (κ1) is 26.4. The Kier molecular flexibility index (Phi) is 7.88. The van der Waals surface area contributed by atoms with E-state index in [-0.39, 0.29) is 17.7 Å². The lowest BCUT2D eigenvalue weighted by Crippen LogP contribution is -2.28. The number of rotatable bonds is 8. The molecule has 2 amide bonds. The molecule has 0 bridgehead atoms. The molecule has 2 heterocycles. The molecule has 1 fully saturated rings. The topological polar surface area (TPSA) is 118 Å². The standard InChI is InChI=1S/C29H29ClN6O3/c1-31-27-21-9-8-20(15-24(21)35-26(36-27)19-11-12-32-25(14-19)39-2)34-29(38)22-13-17(7-10-23(22)30)16-33-28(37)18-5-3-4-6-18/h7-15,18H,3-6,16H2,1-2H3,(H,33,37)(H,34,38)(H,31,35,36). The van der Waals surface area contributed by atoms with Crippen LogP contribution in [0, 0.1) is 5.92 Å². The Balaban J connectivity index is 1.37. The highest BCUT2D eigenvalue weighted by atomic mass is 35.5. The quantitative estimate of drug-likeness (QED) is 0.270. The van der Waals surface area contributed by atoms with Crippen molar-refractivity contribution in [3.8, 4) is 17.3 Å². The molecule has 39 heavy (non-hydrogen) atoms. The van der Waals surface area contributed by atoms with Gasteiger partial charge in [-0.25, -0.2) is 15.0 Å². The van der Waals surface area contributed by atoms with E-state index >= 15 is 0 Å². The molecule has 0 radical (unpaired) electrons. The summed E-state index contributed by atoms with van der Waals surface area (Å²) >= 11 is 6.38. The molecular formula is C29H29ClN6O3. The van der Waals surface area contributed by atoms with E-state index in [1.165, 1.54) is 0 Å². The number of carbonyl (C=O) groups is 2. The van der Waals surface area contributed by atoms with E-state index in [4.69, 9.17) is 21.3 Å². The van der Waals surface area contributed by atoms with Crippen LogP contribution in [-0.4, -0.2) is 40.9 Å². The number of carbonyl (C=O) groups excluding carboxylic acids is 2. The number of nitrogens with one attached hydrogen (secondary N) is 3. The van der Waals surface area contributed by atoms with E-state index in [0.29, 0.717) is 45.9 Å². The van der Waals surface area contributed by atoms with E-state index < -0.39 is 0 Å². The first-order valence-electron chi connectivity index (χ1n) is 12.8. The number of amides is 2. The van der Waals surface area contributed by atoms with Gasteiger partial charge in [-0.1, -0.05) is 30.5 Å². The van der Waals surface area contributed by atoms with E-state index in [0.717, 1.165) is 42.2 Å². The van der Waals surface area contributed by atoms with E-state index in [1.807, 2.05) is 12.1 Å². The smallest absolute Gasteiger partial charge is 0.257 e. The minimum absolute atomic E-state index is 0.0668. The van der Waals surface area contributed by atoms with Crippen LogP contribution in [0.2, 0.25) is 5.02 Å². The second kappa shape index (κ2) is 11.7. The second-order valence-corrected chi connectivity index (χ2v) is 9.84. The predicted octanol–water partition coefficient (Wildman–Crippen LogP) is 5.45. The summed E-state index contributed by atoms with van der Waals surface area (Å²) in [5.41, 5.74) is 3.08. The van der Waals surface area contributed by atoms with Crippen molar-refractivity contribution in [3.63, 3.8) is 0 Å². The zero-order valence-corrected chi connectivity index (χ0v) is 22.5. The largest absolute Gasteiger partial charge is 0.481 e. The van der Waals surface area contributed by atoms with Gasteiger partial charge in [-0.3, -0.25) is 9.59 Å². The lowest BCUT2D eigenvalue weighted by Gasteiger charge is -2.13. The Hall–Kier alpha value is -4.24. The summed E-state index contributed by atoms with van der Waals surface area (Å²) in [6, 6.07) is 14.2. The summed E-state index contributed by atoms with van der Waals surface area (Å²) in [6.45, 7) is 0.342. The molecule has 0 unspecified atom stereocenters. The van der Waals surface area contributed by atoms with Crippen molar-refractivity contribution in [3.05, 3.63) is 70.9 Å². The highest BCUT2D eigenvalue weighted by Gasteiger charge is 2.22. The molecule has 3 N–H and O–H groups in total. The van der Waals surface area contributed by atoms with Crippen molar-refractivity contribution in [1.29, 1.82) is 0 Å². The Labute approximate surface area is 231 Å². The van der Waals surface area contributed by atoms with Crippen LogP contribution in [0.3, 0.4) is 0 Å². The molecule has 10 heteroatoms. The van der Waals surface area contributed by atoms with Crippen LogP contribution < -0.4 is 20.7 Å². The van der Waals surface area contributed by atoms with Gasteiger partial charge in [-0.15, -0.1) is 0 Å². The number of pyridine rings is 1. The Morgan fingerprint density at radius 2 is 1.87 bits per heavy atom. The van der Waals surface area contributed by atoms with Crippen LogP contribution >= 0.6 is 11.6 Å². The van der Waals surface area contributed by atoms with Gasteiger partial charge >= 0.3 is 0 Å². The molecule has 200 valence electrons. The number of nitrogens with zero attached hydrogens (tertiary/aromatic N) is 3. The molecule has 1 aliphatic rings. The summed E-state index contributed by atoms with van der Waals surface area (Å²) in [7, 11) is 3.34. The third kappa shape index (κ3) is 5.93. The minimum Gasteiger partial charge on any atom is -0.481 e. The summed E-state index contributed by atoms with van der Waals surface area (Å²) < 4.78 is 5.23. The number of aromatic nitrogens is 3. The van der Waals surface area contributed by atoms with Gasteiger partial charge in [-0.2, -0.15) is 0 Å². The Bertz CT molecular complexity index is 1540. The van der Waals surface area contributed by atoms with Crippen molar-refractivity contribution in [1.82, 2.24) is 20.3 Å². The Morgan fingerprint density at radius 3 is 2.64 bits per heavy atom. The Morgan fingerprint density at radius 1 is 1.05 bits per heavy atom. The highest BCUT2D eigenvalue weighted by molar-refractivity contribution is 6.34. The molecule has 1 saturated carbocycles. The number of halogens is 1. The molecule has 4 aromatic rings. The van der Waals surface area contributed by atoms with Crippen LogP contribution in [0.25, 0.3) is 22.3 Å². The van der Waals surface area contributed by atoms with E-state index in [9.17, 15) is 9.59 Å². The van der Waals surface area contributed by atoms with Crippen LogP contribution in [0.1, 0.15) is 41.6 Å². The monoisotopic (exact) mass is 544 g/mol. The van der Waals surface area contributed by atoms with Crippen molar-refractivity contribution in [2.24, 2.45) is 5.92 Å². The van der Waals surface area contributed by atoms with Gasteiger partial charge in [0.2, 0.25) is 11.8 Å². The molecule has 0 spiro atoms. The third-order valence-electron chi connectivity index (χ3n) is 6.86. The number of ether oxygens (including phenoxy) is 1. The van der Waals surface area contributed by atoms with Crippen molar-refractivity contribution in [2.75, 3.05) is 24.8 Å². The highest BCUT2D eigenvalue weighted by Crippen LogP contribution is 2.29. The maximum absolute atomic E-state index is 13.2. The molecule has 2 aromatic carbocycles. The molecule has 5 rings (SSSR count). The van der Waals surface area contributed by atoms with Crippen molar-refractivity contribution < 1.29 is 14.3 Å². The number of anilines is 2. The fourth-order valence-corrected chi connectivity index (χ4v) is 4.97. The van der Waals surface area contributed by atoms with Crippen LogP contribution in [-0.2, 0) is 11.3 Å². The lowest BCUT2D eigenvalue weighted by atomic mass is 10.1. The van der Waals surface area contributed by atoms with Gasteiger partial charge in [0.15, 0.2) is 5.82 Å². The molecular weight excluding hydrogens is 516 g/mol. The van der Waals surface area contributed by atoms with Gasteiger partial charge in [0.25, 0.3) is 5.91 Å². The average molecular weight is 545 g/mol. The van der Waals surface area contributed by atoms with Crippen LogP contribution in [0.5, 0.6) is 5.88 Å². The average Bonchev–Trinajstić information content (AvgIpc) is 3.51. The molecule has 0 aliphatic heterocycles. The third-order valence-corrected chi connectivity index (χ3v) is 7.19. The normalized spacial score (nSPS) is 13.3. The van der Waals surface area contributed by atoms with Gasteiger partial charge in [0.1, 0.15) is 5.82 Å². The number of hydrogen-bond acceptors (Lipinski definition) is 7. The van der Waals surface area contributed by atoms with Crippen molar-refractivity contribution >= 4 is 45.8 Å². The predicted molar refractivity (Wildman–Crippen MR) is 152 cm³/mol. The molecule has 2 aromatic heterocycles. The lowest BCUT2D eigenvalue weighted by molar-refractivity contribution is -0.124. The second-order valence-electron chi connectivity index (χ2n) is 9.43. The number of methoxy groups -OCH3 is 1. The fraction of sp³-hybridized carbons (Fsp3) is 0.276. The SMILES string of the molecule is CNc1nc(-c2ccnc(OC)c2)nc2cc(NC(=O)c3cc(CNC(=O)C4CCCC4)ccc3Cl)ccc12. The molecule has 9 nitrogen and oxygen atoms in total. The zero-order valence-electron chi connectivity index (χ0n) is 21.8. The maximum Gasteiger partial charge on any atom is 0.257 e. The zero-order chi connectivity index (χ0) is 27.4. The summed E-state index contributed by atoms with van der Waals surface area (Å²) in [5.74, 6) is 1.40. The van der Waals surface area contributed by atoms with E-state index in [2.05, 4.69) is 25.9 Å². The van der Waals surface area contributed by atoms with Gasteiger partial charge in [-0.05, 0) is 54.8 Å². The van der Waals surface area contributed by atoms with Crippen LogP contribution in [0.15, 0.2) is 54.7 Å². The maximum atomic E-state index is 13.2. The molecule has 0 saturated heterocycles. The van der Waals surface area contributed by atoms with Crippen molar-refractivity contribution in [2.45, 2.75) is 32.2 Å². The van der Waals surface area contributed by atoms with Gasteiger partial charge in [0.05, 0.1) is 23.2 Å². The summed E-state index contributed by atoms with van der Waals surface area (Å²) in [6.07, 6.45) is 5.70.